The third kappa shape index (κ3) is 11.3. The molecular weight excluding hydrogens is 396 g/mol. The van der Waals surface area contributed by atoms with Crippen LogP contribution >= 0.6 is 0 Å². The molecule has 0 N–H and O–H groups in total. The quantitative estimate of drug-likeness (QED) is 0.261. The Labute approximate surface area is 166 Å². The van der Waals surface area contributed by atoms with Gasteiger partial charge in [-0.25, -0.2) is 0 Å². The molecule has 0 rings (SSSR count). The molecule has 3 atom stereocenters. The van der Waals surface area contributed by atoms with Crippen molar-refractivity contribution >= 4 is 35.8 Å². The second-order valence-electron chi connectivity index (χ2n) is 5.69. The highest BCUT2D eigenvalue weighted by atomic mass is 16.7. The summed E-state index contributed by atoms with van der Waals surface area (Å²) in [5, 5.41) is 0. The van der Waals surface area contributed by atoms with E-state index < -0.39 is 67.0 Å². The summed E-state index contributed by atoms with van der Waals surface area (Å²) in [6, 6.07) is 0. The molecule has 164 valence electrons. The van der Waals surface area contributed by atoms with Gasteiger partial charge in [-0.1, -0.05) is 0 Å². The standard InChI is InChI=1S/C17H24O12/c1-8(18)24-7-14(25-9(2)19)15(26-10(3)20)16(27-11(4)21)17(28-12(5)22)29-13(6)23/h14-17H,7H2,1-6H3/t14-,15-,16-/m0/s1. The molecule has 0 aliphatic carbocycles. The first-order valence-corrected chi connectivity index (χ1v) is 8.32. The summed E-state index contributed by atoms with van der Waals surface area (Å²) in [4.78, 5) is 68.7. The largest absolute Gasteiger partial charge is 0.462 e. The third-order valence-corrected chi connectivity index (χ3v) is 2.90. The summed E-state index contributed by atoms with van der Waals surface area (Å²) in [7, 11) is 0. The van der Waals surface area contributed by atoms with Crippen molar-refractivity contribution < 1.29 is 57.2 Å². The van der Waals surface area contributed by atoms with Crippen molar-refractivity contribution in [3.8, 4) is 0 Å². The number of esters is 6. The second-order valence-corrected chi connectivity index (χ2v) is 5.69. The highest BCUT2D eigenvalue weighted by Gasteiger charge is 2.45. The molecule has 12 nitrogen and oxygen atoms in total. The molecule has 0 heterocycles. The molecule has 0 aromatic carbocycles. The first kappa shape index (κ1) is 25.8. The van der Waals surface area contributed by atoms with E-state index in [4.69, 9.17) is 28.4 Å². The molecule has 0 bridgehead atoms. The van der Waals surface area contributed by atoms with Crippen molar-refractivity contribution in [2.45, 2.75) is 66.1 Å². The van der Waals surface area contributed by atoms with E-state index in [2.05, 4.69) is 0 Å². The lowest BCUT2D eigenvalue weighted by atomic mass is 10.1. The molecule has 0 radical (unpaired) electrons. The summed E-state index contributed by atoms with van der Waals surface area (Å²) in [5.41, 5.74) is 0. The molecule has 0 spiro atoms. The van der Waals surface area contributed by atoms with Gasteiger partial charge in [0.1, 0.15) is 6.61 Å². The molecule has 0 saturated heterocycles. The van der Waals surface area contributed by atoms with Gasteiger partial charge >= 0.3 is 35.8 Å². The maximum Gasteiger partial charge on any atom is 0.305 e. The van der Waals surface area contributed by atoms with Crippen molar-refractivity contribution in [2.75, 3.05) is 6.61 Å². The molecule has 12 heteroatoms. The van der Waals surface area contributed by atoms with Crippen LogP contribution in [0.1, 0.15) is 41.5 Å². The van der Waals surface area contributed by atoms with Crippen molar-refractivity contribution in [1.29, 1.82) is 0 Å². The molecule has 0 amide bonds. The van der Waals surface area contributed by atoms with Crippen molar-refractivity contribution in [2.24, 2.45) is 0 Å². The van der Waals surface area contributed by atoms with E-state index in [9.17, 15) is 28.8 Å². The Morgan fingerprint density at radius 2 is 0.897 bits per heavy atom. The Bertz CT molecular complexity index is 624. The molecule has 0 fully saturated rings. The average Bonchev–Trinajstić information content (AvgIpc) is 2.52. The molecule has 0 aromatic heterocycles. The zero-order valence-electron chi connectivity index (χ0n) is 16.9. The minimum absolute atomic E-state index is 0.600. The van der Waals surface area contributed by atoms with Crippen LogP contribution in [0.2, 0.25) is 0 Å². The van der Waals surface area contributed by atoms with E-state index in [0.29, 0.717) is 0 Å². The summed E-state index contributed by atoms with van der Waals surface area (Å²) >= 11 is 0. The van der Waals surface area contributed by atoms with Crippen molar-refractivity contribution in [3.05, 3.63) is 0 Å². The molecule has 0 unspecified atom stereocenters. The molecule has 0 saturated carbocycles. The van der Waals surface area contributed by atoms with E-state index in [1.54, 1.807) is 0 Å². The van der Waals surface area contributed by atoms with Gasteiger partial charge in [-0.3, -0.25) is 28.8 Å². The van der Waals surface area contributed by atoms with E-state index in [-0.39, 0.29) is 0 Å². The predicted molar refractivity (Wildman–Crippen MR) is 90.6 cm³/mol. The van der Waals surface area contributed by atoms with Crippen LogP contribution in [-0.4, -0.2) is 67.0 Å². The minimum Gasteiger partial charge on any atom is -0.462 e. The van der Waals surface area contributed by atoms with Gasteiger partial charge in [0, 0.05) is 41.5 Å². The van der Waals surface area contributed by atoms with Crippen LogP contribution in [0.4, 0.5) is 0 Å². The monoisotopic (exact) mass is 420 g/mol. The molecule has 29 heavy (non-hydrogen) atoms. The minimum atomic E-state index is -1.85. The number of carbonyl (C=O) groups is 6. The lowest BCUT2D eigenvalue weighted by Crippen LogP contribution is -2.54. The van der Waals surface area contributed by atoms with Gasteiger partial charge in [0.25, 0.3) is 6.29 Å². The first-order chi connectivity index (χ1) is 13.3. The molecular formula is C17H24O12. The van der Waals surface area contributed by atoms with Crippen molar-refractivity contribution in [3.63, 3.8) is 0 Å². The Hall–Kier alpha value is -3.18. The smallest absolute Gasteiger partial charge is 0.305 e. The topological polar surface area (TPSA) is 158 Å². The van der Waals surface area contributed by atoms with Crippen molar-refractivity contribution in [1.82, 2.24) is 0 Å². The second kappa shape index (κ2) is 12.3. The van der Waals surface area contributed by atoms with Gasteiger partial charge in [0.2, 0.25) is 6.10 Å². The number of carbonyl (C=O) groups excluding carboxylic acids is 6. The first-order valence-electron chi connectivity index (χ1n) is 8.32. The van der Waals surface area contributed by atoms with E-state index in [0.717, 1.165) is 41.5 Å². The number of hydrogen-bond donors (Lipinski definition) is 0. The van der Waals surface area contributed by atoms with Gasteiger partial charge in [0.05, 0.1) is 0 Å². The lowest BCUT2D eigenvalue weighted by Gasteiger charge is -2.34. The van der Waals surface area contributed by atoms with Gasteiger partial charge in [0.15, 0.2) is 12.2 Å². The maximum atomic E-state index is 11.6. The normalized spacial score (nSPS) is 13.3. The fourth-order valence-electron chi connectivity index (χ4n) is 2.11. The van der Waals surface area contributed by atoms with Crippen LogP contribution in [0.5, 0.6) is 0 Å². The van der Waals surface area contributed by atoms with Crippen LogP contribution in [0.15, 0.2) is 0 Å². The summed E-state index contributed by atoms with van der Waals surface area (Å²) in [6.07, 6.45) is -6.75. The summed E-state index contributed by atoms with van der Waals surface area (Å²) in [5.74, 6) is -5.26. The maximum absolute atomic E-state index is 11.6. The molecule has 0 aliphatic rings. The Morgan fingerprint density at radius 3 is 1.24 bits per heavy atom. The zero-order valence-corrected chi connectivity index (χ0v) is 16.9. The van der Waals surface area contributed by atoms with Gasteiger partial charge in [-0.15, -0.1) is 0 Å². The number of ether oxygens (including phenoxy) is 6. The van der Waals surface area contributed by atoms with Crippen LogP contribution in [-0.2, 0) is 57.2 Å². The average molecular weight is 420 g/mol. The van der Waals surface area contributed by atoms with Crippen LogP contribution < -0.4 is 0 Å². The fraction of sp³-hybridized carbons (Fsp3) is 0.647. The van der Waals surface area contributed by atoms with Gasteiger partial charge in [-0.2, -0.15) is 0 Å². The van der Waals surface area contributed by atoms with E-state index >= 15 is 0 Å². The zero-order chi connectivity index (χ0) is 22.7. The molecule has 0 aliphatic heterocycles. The van der Waals surface area contributed by atoms with E-state index in [1.165, 1.54) is 0 Å². The Kier molecular flexibility index (Phi) is 11.0. The van der Waals surface area contributed by atoms with Crippen LogP contribution in [0, 0.1) is 0 Å². The molecule has 0 aromatic rings. The highest BCUT2D eigenvalue weighted by Crippen LogP contribution is 2.21. The Morgan fingerprint density at radius 1 is 0.517 bits per heavy atom. The SMILES string of the molecule is CC(=O)OC[C@H](OC(C)=O)[C@H](OC(C)=O)[C@H](OC(C)=O)C(OC(C)=O)OC(C)=O. The predicted octanol–water partition coefficient (Wildman–Crippen LogP) is -0.203. The fourth-order valence-corrected chi connectivity index (χ4v) is 2.11. The van der Waals surface area contributed by atoms with Gasteiger partial charge in [-0.05, 0) is 0 Å². The summed E-state index contributed by atoms with van der Waals surface area (Å²) < 4.78 is 29.7. The highest BCUT2D eigenvalue weighted by molar-refractivity contribution is 5.70. The van der Waals surface area contributed by atoms with E-state index in [1.807, 2.05) is 0 Å². The number of hydrogen-bond acceptors (Lipinski definition) is 12. The van der Waals surface area contributed by atoms with Crippen LogP contribution in [0.25, 0.3) is 0 Å². The Balaban J connectivity index is 6.20. The van der Waals surface area contributed by atoms with Gasteiger partial charge < -0.3 is 28.4 Å². The summed E-state index contributed by atoms with van der Waals surface area (Å²) in [6.45, 7) is 5.48. The third-order valence-electron chi connectivity index (χ3n) is 2.90. The lowest BCUT2D eigenvalue weighted by molar-refractivity contribution is -0.237. The number of rotatable bonds is 10. The van der Waals surface area contributed by atoms with Crippen LogP contribution in [0.3, 0.4) is 0 Å².